The molecule has 0 bridgehead atoms. The molecule has 0 aliphatic carbocycles. The largest absolute Gasteiger partial charge is 0.481 e. The molecule has 10 N–H and O–H groups in total. The van der Waals surface area contributed by atoms with Crippen LogP contribution in [0.5, 0.6) is 0 Å². The molecule has 2 aromatic carbocycles. The second-order valence-electron chi connectivity index (χ2n) is 8.94. The van der Waals surface area contributed by atoms with Gasteiger partial charge in [0.15, 0.2) is 5.82 Å². The van der Waals surface area contributed by atoms with Gasteiger partial charge in [0.25, 0.3) is 21.6 Å². The predicted molar refractivity (Wildman–Crippen MR) is 152 cm³/mol. The lowest BCUT2D eigenvalue weighted by atomic mass is 10.1. The lowest BCUT2D eigenvalue weighted by Crippen LogP contribution is -2.41. The van der Waals surface area contributed by atoms with Gasteiger partial charge in [-0.15, -0.1) is 0 Å². The van der Waals surface area contributed by atoms with Crippen LogP contribution in [-0.4, -0.2) is 76.2 Å². The molecule has 2 heterocycles. The van der Waals surface area contributed by atoms with Crippen LogP contribution in [0.3, 0.4) is 0 Å². The van der Waals surface area contributed by atoms with Crippen molar-refractivity contribution in [1.82, 2.24) is 15.3 Å². The second-order valence-corrected chi connectivity index (χ2v) is 10.4. The molecule has 0 radical (unpaired) electrons. The Morgan fingerprint density at radius 3 is 2.31 bits per heavy atom. The molecule has 0 saturated heterocycles. The highest BCUT2D eigenvalue weighted by Gasteiger charge is 2.23. The third-order valence-corrected chi connectivity index (χ3v) is 6.66. The van der Waals surface area contributed by atoms with E-state index in [4.69, 9.17) is 20.5 Å². The van der Waals surface area contributed by atoms with Gasteiger partial charge in [0.05, 0.1) is 10.9 Å². The van der Waals surface area contributed by atoms with Crippen LogP contribution in [0, 0.1) is 0 Å². The molecule has 4 rings (SSSR count). The van der Waals surface area contributed by atoms with Crippen LogP contribution in [0.1, 0.15) is 23.2 Å². The smallest absolute Gasteiger partial charge is 0.326 e. The van der Waals surface area contributed by atoms with Crippen LogP contribution in [-0.2, 0) is 19.7 Å². The second kappa shape index (κ2) is 14.0. The lowest BCUT2D eigenvalue weighted by Gasteiger charge is -2.27. The molecule has 1 aliphatic heterocycles. The fourth-order valence-electron chi connectivity index (χ4n) is 3.69. The maximum Gasteiger partial charge on any atom is 0.326 e. The normalized spacial score (nSPS) is 14.5. The topological polar surface area (TPSA) is 266 Å². The fraction of sp³-hybridized carbons (Fsp3) is 0.240. The highest BCUT2D eigenvalue weighted by Crippen LogP contribution is 2.20. The van der Waals surface area contributed by atoms with Crippen molar-refractivity contribution >= 4 is 51.1 Å². The maximum atomic E-state index is 12.3. The molecule has 1 aliphatic rings. The van der Waals surface area contributed by atoms with Gasteiger partial charge in [0.1, 0.15) is 11.7 Å². The van der Waals surface area contributed by atoms with Crippen LogP contribution >= 0.6 is 0 Å². The SMILES string of the molecule is Nc1nc2c(c(=O)[nH]1)N[C@H](CNc1ccc(C(=O)NC(CCC(=O)O)C(=O)O)cc1)CN2.O=S(=O)(O)c1ccccc1. The summed E-state index contributed by atoms with van der Waals surface area (Å²) in [4.78, 5) is 52.5. The number of aromatic amines is 1. The summed E-state index contributed by atoms with van der Waals surface area (Å²) in [7, 11) is -4.00. The van der Waals surface area contributed by atoms with Gasteiger partial charge in [0.2, 0.25) is 5.95 Å². The van der Waals surface area contributed by atoms with Crippen molar-refractivity contribution in [2.45, 2.75) is 29.8 Å². The minimum atomic E-state index is -4.00. The number of hydrogen-bond acceptors (Lipinski definition) is 11. The molecule has 0 fully saturated rings. The molecule has 1 amide bonds. The Bertz CT molecular complexity index is 1580. The first kappa shape index (κ1) is 31.4. The number of nitrogens with one attached hydrogen (secondary N) is 5. The van der Waals surface area contributed by atoms with Crippen molar-refractivity contribution in [3.05, 3.63) is 70.5 Å². The molecule has 42 heavy (non-hydrogen) atoms. The Labute approximate surface area is 239 Å². The third kappa shape index (κ3) is 9.20. The van der Waals surface area contributed by atoms with Crippen LogP contribution < -0.4 is 32.6 Å². The molecule has 16 nitrogen and oxygen atoms in total. The number of fused-ring (bicyclic) bond motifs is 1. The van der Waals surface area contributed by atoms with Crippen molar-refractivity contribution in [1.29, 1.82) is 0 Å². The number of carboxylic acids is 2. The number of aliphatic carboxylic acids is 2. The highest BCUT2D eigenvalue weighted by molar-refractivity contribution is 7.85. The minimum absolute atomic E-state index is 0.0281. The van der Waals surface area contributed by atoms with Crippen molar-refractivity contribution in [2.24, 2.45) is 0 Å². The van der Waals surface area contributed by atoms with Gasteiger partial charge in [-0.1, -0.05) is 18.2 Å². The first-order valence-electron chi connectivity index (χ1n) is 12.4. The van der Waals surface area contributed by atoms with E-state index in [0.717, 1.165) is 0 Å². The number of nitrogen functional groups attached to an aromatic ring is 1. The molecule has 0 saturated carbocycles. The van der Waals surface area contributed by atoms with Crippen molar-refractivity contribution in [3.63, 3.8) is 0 Å². The number of nitrogens with two attached hydrogens (primary N) is 1. The molecule has 0 spiro atoms. The Morgan fingerprint density at radius 1 is 1.07 bits per heavy atom. The Kier molecular flexibility index (Phi) is 10.4. The number of aromatic nitrogens is 2. The van der Waals surface area contributed by atoms with E-state index in [0.29, 0.717) is 30.3 Å². The summed E-state index contributed by atoms with van der Waals surface area (Å²) in [5.41, 5.74) is 6.40. The molecule has 2 atom stereocenters. The molecule has 17 heteroatoms. The molecule has 3 aromatic rings. The lowest BCUT2D eigenvalue weighted by molar-refractivity contribution is -0.140. The van der Waals surface area contributed by atoms with Gasteiger partial charge >= 0.3 is 11.9 Å². The number of carbonyl (C=O) groups excluding carboxylic acids is 1. The van der Waals surface area contributed by atoms with E-state index in [9.17, 15) is 27.6 Å². The van der Waals surface area contributed by atoms with E-state index in [1.165, 1.54) is 24.3 Å². The third-order valence-electron chi connectivity index (χ3n) is 5.79. The molecule has 1 aromatic heterocycles. The van der Waals surface area contributed by atoms with E-state index in [1.54, 1.807) is 30.3 Å². The average molecular weight is 604 g/mol. The Hall–Kier alpha value is -5.16. The fourth-order valence-corrected chi connectivity index (χ4v) is 4.19. The van der Waals surface area contributed by atoms with Crippen molar-refractivity contribution in [3.8, 4) is 0 Å². The van der Waals surface area contributed by atoms with E-state index in [2.05, 4.69) is 31.2 Å². The summed E-state index contributed by atoms with van der Waals surface area (Å²) in [6.45, 7) is 0.960. The number of nitrogens with zero attached hydrogens (tertiary/aromatic N) is 1. The molecular formula is C25H29N7O9S. The van der Waals surface area contributed by atoms with Crippen molar-refractivity contribution in [2.75, 3.05) is 34.8 Å². The summed E-state index contributed by atoms with van der Waals surface area (Å²) in [6, 6.07) is 12.4. The standard InChI is InChI=1S/C19H23N7O6.C6H6O3S/c20-19-25-15-14(17(30)26-19)23-11(8-22-15)7-21-10-3-1-9(2-4-10)16(29)24-12(18(31)32)5-6-13(27)28;7-10(8,9)6-4-2-1-3-5-6/h1-4,11-12,21,23H,5-8H2,(H,24,29)(H,27,28)(H,31,32)(H4,20,22,25,26,30);1-5H,(H,7,8,9)/t11-,12?;/m1./s1. The summed E-state index contributed by atoms with van der Waals surface area (Å²) >= 11 is 0. The van der Waals surface area contributed by atoms with Crippen LogP contribution in [0.2, 0.25) is 0 Å². The number of carbonyl (C=O) groups is 3. The number of hydrogen-bond donors (Lipinski definition) is 9. The van der Waals surface area contributed by atoms with E-state index >= 15 is 0 Å². The monoisotopic (exact) mass is 603 g/mol. The van der Waals surface area contributed by atoms with Gasteiger partial charge in [-0.25, -0.2) is 4.79 Å². The van der Waals surface area contributed by atoms with Crippen LogP contribution in [0.25, 0.3) is 0 Å². The summed E-state index contributed by atoms with van der Waals surface area (Å²) in [5.74, 6) is -2.64. The summed E-state index contributed by atoms with van der Waals surface area (Å²) < 4.78 is 29.2. The quantitative estimate of drug-likeness (QED) is 0.144. The first-order chi connectivity index (χ1) is 19.8. The van der Waals surface area contributed by atoms with Gasteiger partial charge in [0, 0.05) is 30.8 Å². The zero-order valence-corrected chi connectivity index (χ0v) is 22.7. The van der Waals surface area contributed by atoms with E-state index in [-0.39, 0.29) is 40.9 Å². The zero-order valence-electron chi connectivity index (χ0n) is 21.9. The average Bonchev–Trinajstić information content (AvgIpc) is 2.94. The summed E-state index contributed by atoms with van der Waals surface area (Å²) in [5, 5.41) is 29.5. The Morgan fingerprint density at radius 2 is 1.74 bits per heavy atom. The van der Waals surface area contributed by atoms with E-state index < -0.39 is 34.0 Å². The van der Waals surface area contributed by atoms with Crippen LogP contribution in [0.4, 0.5) is 23.1 Å². The zero-order chi connectivity index (χ0) is 30.9. The number of amides is 1. The van der Waals surface area contributed by atoms with Gasteiger partial charge < -0.3 is 37.2 Å². The number of benzene rings is 2. The Balaban J connectivity index is 0.000000408. The van der Waals surface area contributed by atoms with Crippen LogP contribution in [0.15, 0.2) is 64.3 Å². The van der Waals surface area contributed by atoms with Gasteiger partial charge in [-0.05, 0) is 42.8 Å². The molecular weight excluding hydrogens is 574 g/mol. The molecule has 224 valence electrons. The van der Waals surface area contributed by atoms with Gasteiger partial charge in [-0.3, -0.25) is 23.9 Å². The minimum Gasteiger partial charge on any atom is -0.481 e. The van der Waals surface area contributed by atoms with Crippen molar-refractivity contribution < 1.29 is 37.6 Å². The van der Waals surface area contributed by atoms with E-state index in [1.807, 2.05) is 0 Å². The summed E-state index contributed by atoms with van der Waals surface area (Å²) in [6.07, 6.45) is -0.587. The number of anilines is 4. The first-order valence-corrected chi connectivity index (χ1v) is 13.8. The number of carboxylic acid groups (broad SMARTS) is 2. The molecule has 1 unspecified atom stereocenters. The predicted octanol–water partition coefficient (Wildman–Crippen LogP) is 0.651. The number of rotatable bonds is 10. The highest BCUT2D eigenvalue weighted by atomic mass is 32.2. The van der Waals surface area contributed by atoms with Gasteiger partial charge in [-0.2, -0.15) is 13.4 Å². The maximum absolute atomic E-state index is 12.3. The number of H-pyrrole nitrogens is 1.